The van der Waals surface area contributed by atoms with Gasteiger partial charge in [-0.3, -0.25) is 24.3 Å². The number of aromatic nitrogens is 1. The lowest BCUT2D eigenvalue weighted by Gasteiger charge is -2.40. The SMILES string of the molecule is CC(=O)Nc1ccc(NC(=O)CN2CCC[C@](C(N)=O)(c3ccccn3)C2)cc1. The van der Waals surface area contributed by atoms with Crippen LogP contribution in [0.1, 0.15) is 25.5 Å². The van der Waals surface area contributed by atoms with E-state index >= 15 is 0 Å². The zero-order valence-electron chi connectivity index (χ0n) is 16.4. The van der Waals surface area contributed by atoms with E-state index in [2.05, 4.69) is 15.6 Å². The Balaban J connectivity index is 1.64. The fraction of sp³-hybridized carbons (Fsp3) is 0.333. The number of nitrogens with one attached hydrogen (secondary N) is 2. The van der Waals surface area contributed by atoms with Gasteiger partial charge in [0.15, 0.2) is 0 Å². The summed E-state index contributed by atoms with van der Waals surface area (Å²) in [6.07, 6.45) is 3.01. The molecule has 2 heterocycles. The Labute approximate surface area is 169 Å². The number of carbonyl (C=O) groups is 3. The van der Waals surface area contributed by atoms with Crippen molar-refractivity contribution in [3.8, 4) is 0 Å². The zero-order chi connectivity index (χ0) is 20.9. The molecule has 0 unspecified atom stereocenters. The minimum Gasteiger partial charge on any atom is -0.369 e. The Morgan fingerprint density at radius 1 is 1.10 bits per heavy atom. The first-order chi connectivity index (χ1) is 13.9. The van der Waals surface area contributed by atoms with Crippen LogP contribution in [0.5, 0.6) is 0 Å². The van der Waals surface area contributed by atoms with Crippen molar-refractivity contribution in [2.45, 2.75) is 25.2 Å². The summed E-state index contributed by atoms with van der Waals surface area (Å²) in [5.74, 6) is -0.758. The van der Waals surface area contributed by atoms with Crippen molar-refractivity contribution in [2.75, 3.05) is 30.3 Å². The Morgan fingerprint density at radius 3 is 2.38 bits per heavy atom. The lowest BCUT2D eigenvalue weighted by molar-refractivity contribution is -0.127. The number of nitrogens with zero attached hydrogens (tertiary/aromatic N) is 2. The molecule has 2 aromatic rings. The monoisotopic (exact) mass is 395 g/mol. The van der Waals surface area contributed by atoms with Gasteiger partial charge in [0, 0.05) is 31.0 Å². The minimum atomic E-state index is -0.889. The van der Waals surface area contributed by atoms with Crippen LogP contribution in [0, 0.1) is 0 Å². The number of nitrogens with two attached hydrogens (primary N) is 1. The van der Waals surface area contributed by atoms with Gasteiger partial charge < -0.3 is 16.4 Å². The van der Waals surface area contributed by atoms with E-state index in [9.17, 15) is 14.4 Å². The van der Waals surface area contributed by atoms with Gasteiger partial charge in [-0.1, -0.05) is 6.07 Å². The van der Waals surface area contributed by atoms with E-state index in [1.807, 2.05) is 17.0 Å². The molecule has 3 rings (SSSR count). The first-order valence-electron chi connectivity index (χ1n) is 9.50. The number of likely N-dealkylation sites (tertiary alicyclic amines) is 1. The van der Waals surface area contributed by atoms with Crippen LogP contribution in [0.25, 0.3) is 0 Å². The predicted octanol–water partition coefficient (Wildman–Crippen LogP) is 1.50. The molecule has 0 bridgehead atoms. The number of amides is 3. The second-order valence-electron chi connectivity index (χ2n) is 7.28. The fourth-order valence-electron chi connectivity index (χ4n) is 3.71. The summed E-state index contributed by atoms with van der Waals surface area (Å²) in [6.45, 7) is 2.64. The number of benzene rings is 1. The highest BCUT2D eigenvalue weighted by atomic mass is 16.2. The third-order valence-electron chi connectivity index (χ3n) is 5.05. The first kappa shape index (κ1) is 20.5. The van der Waals surface area contributed by atoms with Gasteiger partial charge in [0.2, 0.25) is 17.7 Å². The highest BCUT2D eigenvalue weighted by Gasteiger charge is 2.43. The number of piperidine rings is 1. The van der Waals surface area contributed by atoms with Crippen LogP contribution in [0.2, 0.25) is 0 Å². The summed E-state index contributed by atoms with van der Waals surface area (Å²) in [4.78, 5) is 42.2. The van der Waals surface area contributed by atoms with E-state index in [-0.39, 0.29) is 18.4 Å². The molecule has 1 saturated heterocycles. The molecule has 1 atom stereocenters. The number of carbonyl (C=O) groups excluding carboxylic acids is 3. The van der Waals surface area contributed by atoms with E-state index in [4.69, 9.17) is 5.73 Å². The molecule has 0 saturated carbocycles. The van der Waals surface area contributed by atoms with Gasteiger partial charge in [-0.2, -0.15) is 0 Å². The third kappa shape index (κ3) is 4.97. The van der Waals surface area contributed by atoms with Crippen LogP contribution < -0.4 is 16.4 Å². The van der Waals surface area contributed by atoms with Crippen molar-refractivity contribution >= 4 is 29.1 Å². The maximum absolute atomic E-state index is 12.5. The molecule has 29 heavy (non-hydrogen) atoms. The highest BCUT2D eigenvalue weighted by Crippen LogP contribution is 2.32. The largest absolute Gasteiger partial charge is 0.369 e. The van der Waals surface area contributed by atoms with Gasteiger partial charge in [0.25, 0.3) is 0 Å². The molecule has 3 amide bonds. The van der Waals surface area contributed by atoms with Crippen LogP contribution >= 0.6 is 0 Å². The number of hydrogen-bond donors (Lipinski definition) is 3. The molecule has 1 aliphatic heterocycles. The van der Waals surface area contributed by atoms with Gasteiger partial charge in [-0.25, -0.2) is 0 Å². The van der Waals surface area contributed by atoms with Crippen LogP contribution in [-0.4, -0.2) is 47.2 Å². The average Bonchev–Trinajstić information content (AvgIpc) is 2.69. The number of hydrogen-bond acceptors (Lipinski definition) is 5. The number of pyridine rings is 1. The average molecular weight is 395 g/mol. The molecule has 4 N–H and O–H groups in total. The molecule has 0 radical (unpaired) electrons. The highest BCUT2D eigenvalue weighted by molar-refractivity contribution is 5.93. The molecule has 0 spiro atoms. The molecule has 8 nitrogen and oxygen atoms in total. The molecule has 1 aliphatic rings. The Hall–Kier alpha value is -3.26. The van der Waals surface area contributed by atoms with E-state index < -0.39 is 11.3 Å². The van der Waals surface area contributed by atoms with E-state index in [0.717, 1.165) is 6.42 Å². The molecule has 1 fully saturated rings. The maximum atomic E-state index is 12.5. The summed E-state index contributed by atoms with van der Waals surface area (Å²) >= 11 is 0. The predicted molar refractivity (Wildman–Crippen MR) is 110 cm³/mol. The molecular weight excluding hydrogens is 370 g/mol. The number of primary amides is 1. The first-order valence-corrected chi connectivity index (χ1v) is 9.50. The van der Waals surface area contributed by atoms with E-state index in [1.165, 1.54) is 6.92 Å². The van der Waals surface area contributed by atoms with Crippen molar-refractivity contribution in [3.05, 3.63) is 54.4 Å². The topological polar surface area (TPSA) is 117 Å². The van der Waals surface area contributed by atoms with Gasteiger partial charge in [-0.05, 0) is 55.8 Å². The molecule has 8 heteroatoms. The van der Waals surface area contributed by atoms with Crippen molar-refractivity contribution in [2.24, 2.45) is 5.73 Å². The quantitative estimate of drug-likeness (QED) is 0.685. The smallest absolute Gasteiger partial charge is 0.238 e. The normalized spacial score (nSPS) is 19.3. The molecular formula is C21H25N5O3. The third-order valence-corrected chi connectivity index (χ3v) is 5.05. The summed E-state index contributed by atoms with van der Waals surface area (Å²) in [5.41, 5.74) is 6.81. The van der Waals surface area contributed by atoms with Gasteiger partial charge in [-0.15, -0.1) is 0 Å². The van der Waals surface area contributed by atoms with E-state index in [1.54, 1.807) is 36.5 Å². The van der Waals surface area contributed by atoms with Crippen LogP contribution in [0.4, 0.5) is 11.4 Å². The second-order valence-corrected chi connectivity index (χ2v) is 7.28. The van der Waals surface area contributed by atoms with Crippen LogP contribution in [0.15, 0.2) is 48.7 Å². The Bertz CT molecular complexity index is 885. The van der Waals surface area contributed by atoms with Gasteiger partial charge in [0.05, 0.1) is 12.2 Å². The second kappa shape index (κ2) is 8.83. The fourth-order valence-corrected chi connectivity index (χ4v) is 3.71. The maximum Gasteiger partial charge on any atom is 0.238 e. The zero-order valence-corrected chi connectivity index (χ0v) is 16.4. The Morgan fingerprint density at radius 2 is 1.79 bits per heavy atom. The van der Waals surface area contributed by atoms with Gasteiger partial charge >= 0.3 is 0 Å². The summed E-state index contributed by atoms with van der Waals surface area (Å²) in [5, 5.41) is 5.52. The lowest BCUT2D eigenvalue weighted by Crippen LogP contribution is -2.55. The van der Waals surface area contributed by atoms with Crippen molar-refractivity contribution in [3.63, 3.8) is 0 Å². The molecule has 0 aliphatic carbocycles. The Kier molecular flexibility index (Phi) is 6.23. The van der Waals surface area contributed by atoms with Crippen LogP contribution in [-0.2, 0) is 19.8 Å². The molecule has 152 valence electrons. The summed E-state index contributed by atoms with van der Waals surface area (Å²) in [7, 11) is 0. The van der Waals surface area contributed by atoms with Crippen molar-refractivity contribution < 1.29 is 14.4 Å². The van der Waals surface area contributed by atoms with E-state index in [0.29, 0.717) is 36.6 Å². The molecule has 1 aromatic heterocycles. The number of rotatable bonds is 6. The number of anilines is 2. The van der Waals surface area contributed by atoms with Crippen molar-refractivity contribution in [1.82, 2.24) is 9.88 Å². The van der Waals surface area contributed by atoms with Gasteiger partial charge in [0.1, 0.15) is 5.41 Å². The molecule has 1 aromatic carbocycles. The lowest BCUT2D eigenvalue weighted by atomic mass is 9.76. The summed E-state index contributed by atoms with van der Waals surface area (Å²) in [6, 6.07) is 12.3. The standard InChI is InChI=1S/C21H25N5O3/c1-15(27)24-16-6-8-17(9-7-16)25-19(28)13-26-12-4-10-21(14-26,20(22)29)18-5-2-3-11-23-18/h2-3,5-9,11H,4,10,12-14H2,1H3,(H2,22,29)(H,24,27)(H,25,28)/t21-/m1/s1. The van der Waals surface area contributed by atoms with Crippen molar-refractivity contribution in [1.29, 1.82) is 0 Å². The minimum absolute atomic E-state index is 0.148. The summed E-state index contributed by atoms with van der Waals surface area (Å²) < 4.78 is 0. The van der Waals surface area contributed by atoms with Crippen LogP contribution in [0.3, 0.4) is 0 Å².